The number of aromatic nitrogens is 3. The smallest absolute Gasteiger partial charge is 0.167 e. The highest BCUT2D eigenvalue weighted by Crippen LogP contribution is 2.42. The maximum absolute atomic E-state index is 8.90. The largest absolute Gasteiger partial charge is 0.456 e. The van der Waals surface area contributed by atoms with Crippen LogP contribution in [0.2, 0.25) is 0 Å². The third-order valence-electron chi connectivity index (χ3n) is 10.0. The van der Waals surface area contributed by atoms with Gasteiger partial charge in [-0.3, -0.25) is 0 Å². The Morgan fingerprint density at radius 2 is 1.06 bits per heavy atom. The monoisotopic (exact) mass is 696 g/mol. The van der Waals surface area contributed by atoms with Crippen molar-refractivity contribution in [1.82, 2.24) is 15.0 Å². The molecule has 0 amide bonds. The number of hydrogen-bond donors (Lipinski definition) is 0. The van der Waals surface area contributed by atoms with Gasteiger partial charge in [0, 0.05) is 38.1 Å². The minimum absolute atomic E-state index is 0.0668. The average Bonchev–Trinajstić information content (AvgIpc) is 3.86. The maximum atomic E-state index is 8.90. The molecule has 0 fully saturated rings. The Morgan fingerprint density at radius 3 is 1.93 bits per heavy atom. The standard InChI is InChI=1S/C49H29N3O2/c1-3-13-30(14-4-1)34-18-9-10-19-35(34)33-26-28-42-41(29-33)44-39(22-12-24-43(44)53-42)48-50-47(32-16-5-2-6-17-32)51-49(52-48)40-23-11-21-37-38-27-25-31-15-7-8-20-36(31)45(38)54-46(37)40/h1-29H/i2D,5D,6D,16D,17D. The summed E-state index contributed by atoms with van der Waals surface area (Å²) in [5, 5.41) is 5.40. The lowest BCUT2D eigenvalue weighted by atomic mass is 9.93. The van der Waals surface area contributed by atoms with Gasteiger partial charge in [0.2, 0.25) is 0 Å². The third-order valence-corrected chi connectivity index (χ3v) is 10.0. The van der Waals surface area contributed by atoms with E-state index in [1.165, 1.54) is 0 Å². The third kappa shape index (κ3) is 4.83. The van der Waals surface area contributed by atoms with Crippen molar-refractivity contribution in [3.8, 4) is 56.4 Å². The molecule has 11 aromatic rings. The second-order valence-corrected chi connectivity index (χ2v) is 13.2. The normalized spacial score (nSPS) is 13.0. The quantitative estimate of drug-likeness (QED) is 0.179. The van der Waals surface area contributed by atoms with Crippen LogP contribution >= 0.6 is 0 Å². The van der Waals surface area contributed by atoms with Crippen LogP contribution in [-0.2, 0) is 0 Å². The van der Waals surface area contributed by atoms with Gasteiger partial charge in [0.25, 0.3) is 0 Å². The van der Waals surface area contributed by atoms with E-state index in [1.807, 2.05) is 103 Å². The van der Waals surface area contributed by atoms with Gasteiger partial charge in [-0.15, -0.1) is 0 Å². The first-order valence-electron chi connectivity index (χ1n) is 20.1. The zero-order valence-corrected chi connectivity index (χ0v) is 28.5. The van der Waals surface area contributed by atoms with E-state index >= 15 is 0 Å². The van der Waals surface area contributed by atoms with Crippen LogP contribution in [0.3, 0.4) is 0 Å². The Hall–Kier alpha value is -7.37. The lowest BCUT2D eigenvalue weighted by Crippen LogP contribution is -2.00. The number of rotatable bonds is 5. The number of hydrogen-bond acceptors (Lipinski definition) is 5. The van der Waals surface area contributed by atoms with Crippen molar-refractivity contribution in [1.29, 1.82) is 0 Å². The van der Waals surface area contributed by atoms with Crippen LogP contribution in [0.4, 0.5) is 0 Å². The molecule has 5 nitrogen and oxygen atoms in total. The van der Waals surface area contributed by atoms with Crippen LogP contribution in [0.5, 0.6) is 0 Å². The highest BCUT2D eigenvalue weighted by molar-refractivity contribution is 6.17. The lowest BCUT2D eigenvalue weighted by molar-refractivity contribution is 0.669. The van der Waals surface area contributed by atoms with Crippen molar-refractivity contribution < 1.29 is 15.7 Å². The molecule has 0 N–H and O–H groups in total. The molecule has 0 atom stereocenters. The molecule has 8 aromatic carbocycles. The minimum Gasteiger partial charge on any atom is -0.456 e. The van der Waals surface area contributed by atoms with Gasteiger partial charge in [-0.2, -0.15) is 0 Å². The van der Waals surface area contributed by atoms with Crippen molar-refractivity contribution in [3.63, 3.8) is 0 Å². The van der Waals surface area contributed by atoms with Gasteiger partial charge < -0.3 is 8.83 Å². The van der Waals surface area contributed by atoms with Crippen molar-refractivity contribution in [3.05, 3.63) is 176 Å². The van der Waals surface area contributed by atoms with E-state index in [9.17, 15) is 0 Å². The first kappa shape index (κ1) is 25.6. The van der Waals surface area contributed by atoms with Gasteiger partial charge >= 0.3 is 0 Å². The summed E-state index contributed by atoms with van der Waals surface area (Å²) >= 11 is 0. The number of nitrogens with zero attached hydrogens (tertiary/aromatic N) is 3. The van der Waals surface area contributed by atoms with Crippen LogP contribution < -0.4 is 0 Å². The molecule has 0 saturated carbocycles. The first-order valence-corrected chi connectivity index (χ1v) is 17.6. The van der Waals surface area contributed by atoms with Crippen molar-refractivity contribution >= 4 is 54.6 Å². The molecule has 0 radical (unpaired) electrons. The zero-order valence-electron chi connectivity index (χ0n) is 33.5. The zero-order chi connectivity index (χ0) is 39.9. The molecule has 0 aliphatic carbocycles. The Balaban J connectivity index is 1.18. The molecule has 0 aliphatic rings. The lowest BCUT2D eigenvalue weighted by Gasteiger charge is -2.11. The van der Waals surface area contributed by atoms with E-state index in [4.69, 9.17) is 30.6 Å². The molecule has 0 unspecified atom stereocenters. The summed E-state index contributed by atoms with van der Waals surface area (Å²) < 4.78 is 56.2. The SMILES string of the molecule is [2H]c1c([2H])c([2H])c(-c2nc(-c3cccc4c3oc3c5ccccc5ccc43)nc(-c3cccc4oc5ccc(-c6ccccc6-c6ccccc6)cc5c34)n2)c([2H])c1[2H]. The Morgan fingerprint density at radius 1 is 0.389 bits per heavy atom. The summed E-state index contributed by atoms with van der Waals surface area (Å²) in [7, 11) is 0. The van der Waals surface area contributed by atoms with Gasteiger partial charge in [0.1, 0.15) is 22.3 Å². The molecule has 0 saturated heterocycles. The van der Waals surface area contributed by atoms with Crippen molar-refractivity contribution in [2.45, 2.75) is 0 Å². The molecule has 0 spiro atoms. The van der Waals surface area contributed by atoms with Crippen LogP contribution in [0, 0.1) is 0 Å². The molecule has 54 heavy (non-hydrogen) atoms. The molecule has 11 rings (SSSR count). The van der Waals surface area contributed by atoms with E-state index in [0.717, 1.165) is 60.2 Å². The molecule has 0 aliphatic heterocycles. The number of furan rings is 2. The topological polar surface area (TPSA) is 65.0 Å². The van der Waals surface area contributed by atoms with Crippen molar-refractivity contribution in [2.75, 3.05) is 0 Å². The Bertz CT molecular complexity index is 3500. The van der Waals surface area contributed by atoms with Gasteiger partial charge in [0.15, 0.2) is 17.5 Å². The van der Waals surface area contributed by atoms with Gasteiger partial charge in [-0.25, -0.2) is 15.0 Å². The predicted octanol–water partition coefficient (Wildman–Crippen LogP) is 13.2. The summed E-state index contributed by atoms with van der Waals surface area (Å²) in [6.07, 6.45) is 0. The molecule has 252 valence electrons. The van der Waals surface area contributed by atoms with Gasteiger partial charge in [0.05, 0.1) is 12.4 Å². The van der Waals surface area contributed by atoms with E-state index in [-0.39, 0.29) is 23.0 Å². The second kappa shape index (κ2) is 12.1. The molecular weight excluding hydrogens is 663 g/mol. The second-order valence-electron chi connectivity index (χ2n) is 13.2. The molecule has 3 aromatic heterocycles. The van der Waals surface area contributed by atoms with E-state index in [0.29, 0.717) is 27.9 Å². The van der Waals surface area contributed by atoms with Crippen LogP contribution in [0.25, 0.3) is 111 Å². The average molecular weight is 697 g/mol. The number of fused-ring (bicyclic) bond motifs is 8. The van der Waals surface area contributed by atoms with E-state index in [2.05, 4.69) is 42.5 Å². The van der Waals surface area contributed by atoms with Crippen molar-refractivity contribution in [2.24, 2.45) is 0 Å². The first-order chi connectivity index (χ1) is 28.8. The highest BCUT2D eigenvalue weighted by atomic mass is 16.3. The Kier molecular flexibility index (Phi) is 5.73. The van der Waals surface area contributed by atoms with Crippen LogP contribution in [-0.4, -0.2) is 15.0 Å². The fourth-order valence-corrected chi connectivity index (χ4v) is 7.58. The summed E-state index contributed by atoms with van der Waals surface area (Å²) in [5.41, 5.74) is 7.87. The minimum atomic E-state index is -0.503. The molecular formula is C49H29N3O2. The summed E-state index contributed by atoms with van der Waals surface area (Å²) in [5.74, 6) is 0.384. The summed E-state index contributed by atoms with van der Waals surface area (Å²) in [4.78, 5) is 14.9. The highest BCUT2D eigenvalue weighted by Gasteiger charge is 2.21. The molecule has 3 heterocycles. The van der Waals surface area contributed by atoms with Crippen LogP contribution in [0.15, 0.2) is 185 Å². The fraction of sp³-hybridized carbons (Fsp3) is 0. The molecule has 0 bridgehead atoms. The van der Waals surface area contributed by atoms with Crippen LogP contribution in [0.1, 0.15) is 6.85 Å². The van der Waals surface area contributed by atoms with E-state index < -0.39 is 30.2 Å². The van der Waals surface area contributed by atoms with E-state index in [1.54, 1.807) is 0 Å². The number of para-hydroxylation sites is 1. The summed E-state index contributed by atoms with van der Waals surface area (Å²) in [6.45, 7) is 0. The predicted molar refractivity (Wildman–Crippen MR) is 219 cm³/mol. The maximum Gasteiger partial charge on any atom is 0.167 e. The molecule has 5 heteroatoms. The van der Waals surface area contributed by atoms with Gasteiger partial charge in [-0.05, 0) is 58.0 Å². The Labute approximate surface area is 316 Å². The fourth-order valence-electron chi connectivity index (χ4n) is 7.58. The number of benzene rings is 8. The van der Waals surface area contributed by atoms with Gasteiger partial charge in [-0.1, -0.05) is 145 Å². The summed E-state index contributed by atoms with van der Waals surface area (Å²) in [6, 6.07) is 46.0.